The number of hydrogen-bond donors (Lipinski definition) is 3. The lowest BCUT2D eigenvalue weighted by molar-refractivity contribution is -0.137. The molecule has 0 aliphatic carbocycles. The molecule has 0 atom stereocenters. The maximum absolute atomic E-state index is 11.4. The summed E-state index contributed by atoms with van der Waals surface area (Å²) in [4.78, 5) is 21.1. The number of carbonyl (C=O) groups is 2. The second-order valence-corrected chi connectivity index (χ2v) is 11.8. The van der Waals surface area contributed by atoms with Crippen LogP contribution in [-0.2, 0) is 47.5 Å². The zero-order valence-corrected chi connectivity index (χ0v) is 22.1. The van der Waals surface area contributed by atoms with E-state index in [1.54, 1.807) is 36.4 Å². The zero-order valence-electron chi connectivity index (χ0n) is 17.3. The molecule has 3 N–H and O–H groups in total. The van der Waals surface area contributed by atoms with E-state index in [2.05, 4.69) is 46.0 Å². The maximum Gasteiger partial charge on any atom is 0.322 e. The minimum absolute atomic E-state index is 0.0784. The Kier molecular flexibility index (Phi) is 12.2. The summed E-state index contributed by atoms with van der Waals surface area (Å²) >= 11 is 6.53. The van der Waals surface area contributed by atoms with Crippen LogP contribution < -0.4 is 9.44 Å². The van der Waals surface area contributed by atoms with Crippen LogP contribution >= 0.6 is 31.9 Å². The number of hydrogen-bond acceptors (Lipinski definition) is 7. The Morgan fingerprint density at radius 3 is 1.64 bits per heavy atom. The van der Waals surface area contributed by atoms with Crippen molar-refractivity contribution in [3.63, 3.8) is 0 Å². The number of sulfonamides is 2. The van der Waals surface area contributed by atoms with Gasteiger partial charge < -0.3 is 9.84 Å². The molecule has 33 heavy (non-hydrogen) atoms. The first-order valence-electron chi connectivity index (χ1n) is 9.04. The van der Waals surface area contributed by atoms with Crippen LogP contribution in [0.4, 0.5) is 0 Å². The Morgan fingerprint density at radius 2 is 1.27 bits per heavy atom. The van der Waals surface area contributed by atoms with Crippen molar-refractivity contribution in [3.05, 3.63) is 68.6 Å². The van der Waals surface area contributed by atoms with Crippen LogP contribution in [0.5, 0.6) is 0 Å². The molecule has 0 amide bonds. The Labute approximate surface area is 209 Å². The molecule has 0 saturated heterocycles. The van der Waals surface area contributed by atoms with Gasteiger partial charge in [0.05, 0.1) is 7.11 Å². The molecule has 2 aromatic carbocycles. The van der Waals surface area contributed by atoms with Gasteiger partial charge in [-0.15, -0.1) is 0 Å². The second-order valence-electron chi connectivity index (χ2n) is 6.39. The van der Waals surface area contributed by atoms with Crippen molar-refractivity contribution in [3.8, 4) is 0 Å². The van der Waals surface area contributed by atoms with Crippen molar-refractivity contribution in [1.82, 2.24) is 9.44 Å². The van der Waals surface area contributed by atoms with Gasteiger partial charge in [-0.25, -0.2) is 26.3 Å². The molecule has 2 aromatic rings. The molecule has 0 fully saturated rings. The average molecular weight is 630 g/mol. The van der Waals surface area contributed by atoms with Crippen molar-refractivity contribution < 1.29 is 36.3 Å². The Bertz CT molecular complexity index is 1170. The van der Waals surface area contributed by atoms with Crippen LogP contribution in [0, 0.1) is 0 Å². The molecule has 0 aliphatic rings. The summed E-state index contributed by atoms with van der Waals surface area (Å²) in [5.74, 6) is -3.74. The molecule has 10 nitrogen and oxygen atoms in total. The SMILES string of the molecule is COC(=O)CS(=O)(=O)NCc1cccc(Br)c1.O=C(O)CS(=O)(=O)NCc1cccc(Br)c1. The van der Waals surface area contributed by atoms with Crippen LogP contribution in [0.3, 0.4) is 0 Å². The molecule has 0 aromatic heterocycles. The predicted molar refractivity (Wildman–Crippen MR) is 129 cm³/mol. The number of carboxylic acids is 1. The van der Waals surface area contributed by atoms with E-state index in [9.17, 15) is 26.4 Å². The highest BCUT2D eigenvalue weighted by molar-refractivity contribution is 9.10. The smallest absolute Gasteiger partial charge is 0.322 e. The second kappa shape index (κ2) is 13.8. The number of methoxy groups -OCH3 is 1. The normalized spacial score (nSPS) is 11.2. The van der Waals surface area contributed by atoms with Gasteiger partial charge in [-0.2, -0.15) is 0 Å². The predicted octanol–water partition coefficient (Wildman–Crippen LogP) is 1.99. The zero-order chi connectivity index (χ0) is 25.1. The Hall–Kier alpha value is -1.84. The molecule has 0 radical (unpaired) electrons. The molecule has 2 rings (SSSR count). The third-order valence-electron chi connectivity index (χ3n) is 3.62. The van der Waals surface area contributed by atoms with Crippen LogP contribution in [0.25, 0.3) is 0 Å². The molecule has 0 aliphatic heterocycles. The van der Waals surface area contributed by atoms with E-state index in [0.717, 1.165) is 27.2 Å². The summed E-state index contributed by atoms with van der Waals surface area (Å²) in [6, 6.07) is 14.3. The largest absolute Gasteiger partial charge is 0.480 e. The van der Waals surface area contributed by atoms with E-state index in [1.807, 2.05) is 12.1 Å². The number of halogens is 2. The molecule has 0 bridgehead atoms. The summed E-state index contributed by atoms with van der Waals surface area (Å²) < 4.78 is 55.8. The van der Waals surface area contributed by atoms with Crippen molar-refractivity contribution >= 4 is 63.8 Å². The molecular formula is C19H22Br2N2O8S2. The fourth-order valence-corrected chi connectivity index (χ4v) is 4.78. The van der Waals surface area contributed by atoms with Crippen LogP contribution in [0.15, 0.2) is 57.5 Å². The number of esters is 1. The van der Waals surface area contributed by atoms with Gasteiger partial charge in [-0.1, -0.05) is 56.1 Å². The molecule has 0 heterocycles. The molecule has 0 unspecified atom stereocenters. The lowest BCUT2D eigenvalue weighted by Gasteiger charge is -2.06. The summed E-state index contributed by atoms with van der Waals surface area (Å²) in [5, 5.41) is 8.36. The minimum atomic E-state index is -3.76. The van der Waals surface area contributed by atoms with Crippen molar-refractivity contribution in [2.24, 2.45) is 0 Å². The number of benzene rings is 2. The van der Waals surface area contributed by atoms with Crippen molar-refractivity contribution in [1.29, 1.82) is 0 Å². The topological polar surface area (TPSA) is 156 Å². The van der Waals surface area contributed by atoms with E-state index in [4.69, 9.17) is 5.11 Å². The van der Waals surface area contributed by atoms with Crippen molar-refractivity contribution in [2.75, 3.05) is 18.6 Å². The van der Waals surface area contributed by atoms with Crippen molar-refractivity contribution in [2.45, 2.75) is 13.1 Å². The number of nitrogens with one attached hydrogen (secondary N) is 2. The highest BCUT2D eigenvalue weighted by Gasteiger charge is 2.16. The third kappa shape index (κ3) is 13.5. The number of carbonyl (C=O) groups excluding carboxylic acids is 1. The number of rotatable bonds is 10. The number of ether oxygens (including phenoxy) is 1. The van der Waals surface area contributed by atoms with Gasteiger partial charge >= 0.3 is 11.9 Å². The van der Waals surface area contributed by atoms with E-state index in [0.29, 0.717) is 0 Å². The van der Waals surface area contributed by atoms with Gasteiger partial charge in [0, 0.05) is 22.0 Å². The van der Waals surface area contributed by atoms with Crippen LogP contribution in [-0.4, -0.2) is 52.5 Å². The first-order chi connectivity index (χ1) is 15.3. The van der Waals surface area contributed by atoms with Crippen LogP contribution in [0.1, 0.15) is 11.1 Å². The maximum atomic E-state index is 11.4. The standard InChI is InChI=1S/C10H12BrNO4S.C9H10BrNO4S/c1-16-10(13)7-17(14,15)12-6-8-3-2-4-9(11)5-8;10-8-3-1-2-7(4-8)5-11-16(14,15)6-9(12)13/h2-5,12H,6-7H2,1H3;1-4,11H,5-6H2,(H,12,13). The lowest BCUT2D eigenvalue weighted by Crippen LogP contribution is -2.30. The highest BCUT2D eigenvalue weighted by atomic mass is 79.9. The molecule has 182 valence electrons. The fourth-order valence-electron chi connectivity index (χ4n) is 2.16. The van der Waals surface area contributed by atoms with Crippen LogP contribution in [0.2, 0.25) is 0 Å². The van der Waals surface area contributed by atoms with E-state index >= 15 is 0 Å². The molecule has 0 spiro atoms. The molecular weight excluding hydrogens is 608 g/mol. The first-order valence-corrected chi connectivity index (χ1v) is 13.9. The van der Waals surface area contributed by atoms with Gasteiger partial charge in [0.25, 0.3) is 0 Å². The fraction of sp³-hybridized carbons (Fsp3) is 0.263. The minimum Gasteiger partial charge on any atom is -0.480 e. The number of carboxylic acid groups (broad SMARTS) is 1. The van der Waals surface area contributed by atoms with Gasteiger partial charge in [-0.3, -0.25) is 9.59 Å². The van der Waals surface area contributed by atoms with Gasteiger partial charge in [0.2, 0.25) is 20.0 Å². The average Bonchev–Trinajstić information content (AvgIpc) is 2.70. The first kappa shape index (κ1) is 29.2. The summed E-state index contributed by atoms with van der Waals surface area (Å²) in [6.07, 6.45) is 0. The monoisotopic (exact) mass is 628 g/mol. The number of aliphatic carboxylic acids is 1. The summed E-state index contributed by atoms with van der Waals surface area (Å²) in [7, 11) is -6.26. The summed E-state index contributed by atoms with van der Waals surface area (Å²) in [5.41, 5.74) is 1.55. The lowest BCUT2D eigenvalue weighted by atomic mass is 10.2. The summed E-state index contributed by atoms with van der Waals surface area (Å²) in [6.45, 7) is 0.216. The van der Waals surface area contributed by atoms with E-state index in [-0.39, 0.29) is 13.1 Å². The quantitative estimate of drug-likeness (QED) is 0.337. The van der Waals surface area contributed by atoms with E-state index in [1.165, 1.54) is 0 Å². The Morgan fingerprint density at radius 1 is 0.848 bits per heavy atom. The van der Waals surface area contributed by atoms with Gasteiger partial charge in [-0.05, 0) is 35.4 Å². The van der Waals surface area contributed by atoms with E-state index < -0.39 is 43.5 Å². The molecule has 0 saturated carbocycles. The highest BCUT2D eigenvalue weighted by Crippen LogP contribution is 2.12. The van der Waals surface area contributed by atoms with Gasteiger partial charge in [0.1, 0.15) is 0 Å². The Balaban J connectivity index is 0.000000331. The third-order valence-corrected chi connectivity index (χ3v) is 7.02. The van der Waals surface area contributed by atoms with Gasteiger partial charge in [0.15, 0.2) is 11.5 Å². The molecule has 14 heteroatoms.